The largest absolute Gasteiger partial charge is 0.491 e. The Hall–Kier alpha value is -0.730. The van der Waals surface area contributed by atoms with Crippen LogP contribution in [0.1, 0.15) is 32.4 Å². The van der Waals surface area contributed by atoms with Crippen molar-refractivity contribution in [2.45, 2.75) is 32.9 Å². The Kier molecular flexibility index (Phi) is 4.23. The van der Waals surface area contributed by atoms with Crippen LogP contribution in [0.3, 0.4) is 0 Å². The minimum atomic E-state index is 0.157. The van der Waals surface area contributed by atoms with Crippen LogP contribution in [0.25, 0.3) is 0 Å². The summed E-state index contributed by atoms with van der Waals surface area (Å²) in [6.07, 6.45) is 0.212. The van der Waals surface area contributed by atoms with E-state index >= 15 is 0 Å². The van der Waals surface area contributed by atoms with Crippen LogP contribution >= 0.6 is 11.8 Å². The van der Waals surface area contributed by atoms with E-state index in [1.165, 1.54) is 0 Å². The summed E-state index contributed by atoms with van der Waals surface area (Å²) in [7, 11) is 0. The number of nitrogens with one attached hydrogen (secondary N) is 1. The molecule has 1 unspecified atom stereocenters. The predicted octanol–water partition coefficient (Wildman–Crippen LogP) is 3.28. The van der Waals surface area contributed by atoms with Crippen LogP contribution in [0.5, 0.6) is 5.75 Å². The van der Waals surface area contributed by atoms with Gasteiger partial charge in [-0.25, -0.2) is 4.84 Å². The summed E-state index contributed by atoms with van der Waals surface area (Å²) in [4.78, 5) is 2.67. The van der Waals surface area contributed by atoms with E-state index < -0.39 is 0 Å². The molecule has 0 saturated heterocycles. The standard InChI is InChI=1S/C11H16ClNO/c1-8(2)14-11-6-4-10(5-7-11)9(3)13-12/h4-9,13H,1-3H3. The van der Waals surface area contributed by atoms with Crippen molar-refractivity contribution in [2.24, 2.45) is 0 Å². The molecule has 0 heterocycles. The SMILES string of the molecule is CC(C)Oc1ccc(C(C)NCl)cc1. The van der Waals surface area contributed by atoms with Crippen molar-refractivity contribution < 1.29 is 4.74 Å². The third-order valence-corrected chi connectivity index (χ3v) is 2.24. The molecule has 0 saturated carbocycles. The molecule has 1 aromatic rings. The fourth-order valence-corrected chi connectivity index (χ4v) is 1.30. The summed E-state index contributed by atoms with van der Waals surface area (Å²) in [5.74, 6) is 0.894. The van der Waals surface area contributed by atoms with Gasteiger partial charge in [0.2, 0.25) is 0 Å². The Morgan fingerprint density at radius 2 is 1.71 bits per heavy atom. The van der Waals surface area contributed by atoms with E-state index in [2.05, 4.69) is 4.84 Å². The molecule has 1 rings (SSSR count). The molecule has 3 heteroatoms. The van der Waals surface area contributed by atoms with E-state index in [9.17, 15) is 0 Å². The first-order chi connectivity index (χ1) is 6.63. The number of halogens is 1. The van der Waals surface area contributed by atoms with Gasteiger partial charge in [-0.15, -0.1) is 0 Å². The lowest BCUT2D eigenvalue weighted by molar-refractivity contribution is 0.242. The van der Waals surface area contributed by atoms with Crippen LogP contribution in [0.15, 0.2) is 24.3 Å². The normalized spacial score (nSPS) is 12.9. The summed E-state index contributed by atoms with van der Waals surface area (Å²) in [6.45, 7) is 6.03. The van der Waals surface area contributed by atoms with E-state index in [-0.39, 0.29) is 12.1 Å². The van der Waals surface area contributed by atoms with Crippen LogP contribution in [-0.4, -0.2) is 6.10 Å². The monoisotopic (exact) mass is 213 g/mol. The molecule has 0 aliphatic carbocycles. The lowest BCUT2D eigenvalue weighted by Gasteiger charge is -2.12. The van der Waals surface area contributed by atoms with Gasteiger partial charge in [0.25, 0.3) is 0 Å². The van der Waals surface area contributed by atoms with Gasteiger partial charge in [-0.2, -0.15) is 0 Å². The van der Waals surface area contributed by atoms with E-state index in [0.717, 1.165) is 11.3 Å². The molecule has 0 aliphatic rings. The molecule has 0 bridgehead atoms. The van der Waals surface area contributed by atoms with Gasteiger partial charge in [-0.3, -0.25) is 0 Å². The van der Waals surface area contributed by atoms with E-state index in [1.807, 2.05) is 45.0 Å². The van der Waals surface area contributed by atoms with Gasteiger partial charge >= 0.3 is 0 Å². The molecular formula is C11H16ClNO. The molecule has 1 N–H and O–H groups in total. The molecule has 1 aromatic carbocycles. The molecule has 2 nitrogen and oxygen atoms in total. The minimum absolute atomic E-state index is 0.157. The highest BCUT2D eigenvalue weighted by Crippen LogP contribution is 2.18. The molecule has 1 atom stereocenters. The number of hydrogen-bond donors (Lipinski definition) is 1. The van der Waals surface area contributed by atoms with Crippen LogP contribution in [0.4, 0.5) is 0 Å². The number of ether oxygens (including phenoxy) is 1. The topological polar surface area (TPSA) is 21.3 Å². The molecule has 0 spiro atoms. The minimum Gasteiger partial charge on any atom is -0.491 e. The van der Waals surface area contributed by atoms with Crippen molar-refractivity contribution in [3.8, 4) is 5.75 Å². The van der Waals surface area contributed by atoms with Crippen LogP contribution in [0, 0.1) is 0 Å². The zero-order valence-electron chi connectivity index (χ0n) is 8.75. The molecule has 0 aromatic heterocycles. The fraction of sp³-hybridized carbons (Fsp3) is 0.455. The Morgan fingerprint density at radius 3 is 2.14 bits per heavy atom. The van der Waals surface area contributed by atoms with Crippen LogP contribution < -0.4 is 9.57 Å². The van der Waals surface area contributed by atoms with Crippen molar-refractivity contribution in [3.05, 3.63) is 29.8 Å². The van der Waals surface area contributed by atoms with Gasteiger partial charge in [0, 0.05) is 6.04 Å². The summed E-state index contributed by atoms with van der Waals surface area (Å²) in [5.41, 5.74) is 1.15. The first-order valence-corrected chi connectivity index (χ1v) is 5.14. The number of hydrogen-bond acceptors (Lipinski definition) is 2. The quantitative estimate of drug-likeness (QED) is 0.776. The summed E-state index contributed by atoms with van der Waals surface area (Å²) >= 11 is 5.53. The van der Waals surface area contributed by atoms with Crippen LogP contribution in [0.2, 0.25) is 0 Å². The summed E-state index contributed by atoms with van der Waals surface area (Å²) < 4.78 is 5.53. The van der Waals surface area contributed by atoms with Crippen molar-refractivity contribution in [1.29, 1.82) is 0 Å². The van der Waals surface area contributed by atoms with Crippen molar-refractivity contribution in [1.82, 2.24) is 4.84 Å². The Morgan fingerprint density at radius 1 is 1.14 bits per heavy atom. The average molecular weight is 214 g/mol. The van der Waals surface area contributed by atoms with Gasteiger partial charge in [0.05, 0.1) is 6.10 Å². The number of rotatable bonds is 4. The highest BCUT2D eigenvalue weighted by Gasteiger charge is 2.03. The molecule has 0 fully saturated rings. The predicted molar refractivity (Wildman–Crippen MR) is 59.6 cm³/mol. The van der Waals surface area contributed by atoms with Crippen molar-refractivity contribution >= 4 is 11.8 Å². The Labute approximate surface area is 90.3 Å². The third-order valence-electron chi connectivity index (χ3n) is 1.92. The molecule has 78 valence electrons. The van der Waals surface area contributed by atoms with Crippen molar-refractivity contribution in [3.63, 3.8) is 0 Å². The molecule has 0 aliphatic heterocycles. The van der Waals surface area contributed by atoms with E-state index in [0.29, 0.717) is 0 Å². The maximum atomic E-state index is 5.53. The molecule has 14 heavy (non-hydrogen) atoms. The fourth-order valence-electron chi connectivity index (χ4n) is 1.17. The average Bonchev–Trinajstić information content (AvgIpc) is 2.17. The van der Waals surface area contributed by atoms with Crippen molar-refractivity contribution in [2.75, 3.05) is 0 Å². The Balaban J connectivity index is 2.68. The van der Waals surface area contributed by atoms with E-state index in [4.69, 9.17) is 16.5 Å². The first-order valence-electron chi connectivity index (χ1n) is 4.76. The number of benzene rings is 1. The maximum Gasteiger partial charge on any atom is 0.119 e. The smallest absolute Gasteiger partial charge is 0.119 e. The second kappa shape index (κ2) is 5.23. The zero-order chi connectivity index (χ0) is 10.6. The van der Waals surface area contributed by atoms with Gasteiger partial charge < -0.3 is 4.74 Å². The molecular weight excluding hydrogens is 198 g/mol. The van der Waals surface area contributed by atoms with Gasteiger partial charge in [0.1, 0.15) is 5.75 Å². The van der Waals surface area contributed by atoms with Gasteiger partial charge in [-0.05, 0) is 50.2 Å². The lowest BCUT2D eigenvalue weighted by atomic mass is 10.1. The maximum absolute atomic E-state index is 5.53. The highest BCUT2D eigenvalue weighted by atomic mass is 35.5. The third kappa shape index (κ3) is 3.20. The van der Waals surface area contributed by atoms with Crippen LogP contribution in [-0.2, 0) is 0 Å². The lowest BCUT2D eigenvalue weighted by Crippen LogP contribution is -2.07. The summed E-state index contributed by atoms with van der Waals surface area (Å²) in [6, 6.07) is 8.10. The second-order valence-corrected chi connectivity index (χ2v) is 3.78. The highest BCUT2D eigenvalue weighted by molar-refractivity contribution is 6.13. The Bertz CT molecular complexity index is 271. The zero-order valence-corrected chi connectivity index (χ0v) is 9.51. The first kappa shape index (κ1) is 11.3. The van der Waals surface area contributed by atoms with Gasteiger partial charge in [-0.1, -0.05) is 12.1 Å². The second-order valence-electron chi connectivity index (χ2n) is 3.57. The van der Waals surface area contributed by atoms with E-state index in [1.54, 1.807) is 0 Å². The molecule has 0 radical (unpaired) electrons. The summed E-state index contributed by atoms with van der Waals surface area (Å²) in [5, 5.41) is 0. The molecule has 0 amide bonds. The van der Waals surface area contributed by atoms with Gasteiger partial charge in [0.15, 0.2) is 0 Å².